The molecule has 1 atom stereocenters. The van der Waals surface area contributed by atoms with E-state index in [1.54, 1.807) is 0 Å². The third kappa shape index (κ3) is 6.46. The number of anilines is 8. The molecule has 56 heavy (non-hydrogen) atoms. The molecule has 270 valence electrons. The molecule has 0 saturated heterocycles. The third-order valence-corrected chi connectivity index (χ3v) is 14.3. The number of hydrogen-bond acceptors (Lipinski definition) is 3. The fourth-order valence-electron chi connectivity index (χ4n) is 7.30. The first-order chi connectivity index (χ1) is 27.6. The van der Waals surface area contributed by atoms with Crippen LogP contribution < -0.4 is 29.9 Å². The number of fused-ring (bicyclic) bond motifs is 1. The molecule has 0 radical (unpaired) electrons. The zero-order valence-corrected chi connectivity index (χ0v) is 32.1. The Morgan fingerprint density at radius 1 is 0.482 bits per heavy atom. The van der Waals surface area contributed by atoms with Gasteiger partial charge in [-0.25, -0.2) is 0 Å². The summed E-state index contributed by atoms with van der Waals surface area (Å²) in [6.07, 6.45) is 0. The molecule has 1 aliphatic rings. The summed E-state index contributed by atoms with van der Waals surface area (Å²) in [5.74, 6) is 0. The highest BCUT2D eigenvalue weighted by Gasteiger charge is 2.49. The lowest BCUT2D eigenvalue weighted by Gasteiger charge is -2.33. The second-order valence-corrected chi connectivity index (χ2v) is 17.2. The van der Waals surface area contributed by atoms with Gasteiger partial charge in [-0.05, 0) is 107 Å². The average molecular weight is 764 g/mol. The van der Waals surface area contributed by atoms with Crippen LogP contribution in [0.3, 0.4) is 0 Å². The van der Waals surface area contributed by atoms with Crippen LogP contribution in [0.1, 0.15) is 0 Å². The van der Waals surface area contributed by atoms with Crippen molar-refractivity contribution in [3.05, 3.63) is 218 Å². The van der Waals surface area contributed by atoms with E-state index in [0.29, 0.717) is 10.6 Å². The van der Waals surface area contributed by atoms with Crippen LogP contribution in [0.5, 0.6) is 0 Å². The van der Waals surface area contributed by atoms with Crippen LogP contribution in [0.15, 0.2) is 218 Å². The van der Waals surface area contributed by atoms with Crippen LogP contribution in [-0.4, -0.2) is 0 Å². The molecule has 1 aliphatic heterocycles. The molecule has 8 aromatic carbocycles. The van der Waals surface area contributed by atoms with Gasteiger partial charge in [0.15, 0.2) is 0 Å². The Balaban J connectivity index is 1.14. The fraction of sp³-hybridized carbons (Fsp3) is 0. The summed E-state index contributed by atoms with van der Waals surface area (Å²) >= 11 is 0. The Morgan fingerprint density at radius 2 is 0.982 bits per heavy atom. The molecule has 0 amide bonds. The van der Waals surface area contributed by atoms with Crippen molar-refractivity contribution in [2.75, 3.05) is 19.3 Å². The highest BCUT2D eigenvalue weighted by molar-refractivity contribution is 7.76. The van der Waals surface area contributed by atoms with Crippen molar-refractivity contribution in [1.82, 2.24) is 0 Å². The highest BCUT2D eigenvalue weighted by Crippen LogP contribution is 2.70. The topological polar surface area (TPSA) is 55.9 Å². The molecule has 0 spiro atoms. The van der Waals surface area contributed by atoms with Gasteiger partial charge in [-0.15, -0.1) is 4.67 Å². The molecule has 8 aromatic rings. The maximum atomic E-state index is 16.3. The first kappa shape index (κ1) is 35.0. The number of hydrogen-bond donors (Lipinski definition) is 1. The Labute approximate surface area is 328 Å². The van der Waals surface area contributed by atoms with Crippen LogP contribution in [0, 0.1) is 0 Å². The van der Waals surface area contributed by atoms with Crippen LogP contribution >= 0.6 is 15.4 Å². The summed E-state index contributed by atoms with van der Waals surface area (Å²) in [5, 5.41) is 4.88. The number of rotatable bonds is 10. The predicted molar refractivity (Wildman–Crippen MR) is 235 cm³/mol. The summed E-state index contributed by atoms with van der Waals surface area (Å²) < 4.78 is 37.1. The van der Waals surface area contributed by atoms with Gasteiger partial charge >= 0.3 is 15.4 Å². The van der Waals surface area contributed by atoms with Gasteiger partial charge in [-0.1, -0.05) is 121 Å². The van der Waals surface area contributed by atoms with Crippen molar-refractivity contribution in [2.24, 2.45) is 0 Å². The van der Waals surface area contributed by atoms with Crippen LogP contribution in [-0.2, 0) is 9.13 Å². The highest BCUT2D eigenvalue weighted by atomic mass is 31.2. The van der Waals surface area contributed by atoms with Crippen molar-refractivity contribution in [2.45, 2.75) is 0 Å². The molecule has 0 aliphatic carbocycles. The van der Waals surface area contributed by atoms with E-state index in [2.05, 4.69) is 5.32 Å². The van der Waals surface area contributed by atoms with Crippen LogP contribution in [0.25, 0.3) is 11.1 Å². The first-order valence-corrected chi connectivity index (χ1v) is 21.3. The Morgan fingerprint density at radius 3 is 1.61 bits per heavy atom. The van der Waals surface area contributed by atoms with E-state index in [-0.39, 0.29) is 0 Å². The molecule has 1 heterocycles. The van der Waals surface area contributed by atoms with Crippen molar-refractivity contribution >= 4 is 71.5 Å². The standard InChI is InChI=1S/C48H37N4O2P2/c53-55(50(40-23-7-2-8-24-40)46-32-14-13-31-45(46)49-39-21-5-1-6-22-39)43-29-17-19-37(35-43)38-20-18-30-44(36-38)56(54)51(41-25-9-3-10-26-41)47-33-15-16-34-48(47)52(56)42-27-11-4-12-28-42/h1-36,49H/q+1. The van der Waals surface area contributed by atoms with Crippen molar-refractivity contribution in [3.8, 4) is 11.1 Å². The molecule has 6 nitrogen and oxygen atoms in total. The predicted octanol–water partition coefficient (Wildman–Crippen LogP) is 13.1. The normalized spacial score (nSPS) is 13.2. The minimum Gasteiger partial charge on any atom is -0.354 e. The minimum absolute atomic E-state index is 0.665. The fourth-order valence-corrected chi connectivity index (χ4v) is 11.8. The van der Waals surface area contributed by atoms with Gasteiger partial charge in [0, 0.05) is 23.1 Å². The quantitative estimate of drug-likeness (QED) is 0.140. The van der Waals surface area contributed by atoms with E-state index in [9.17, 15) is 4.57 Å². The van der Waals surface area contributed by atoms with Gasteiger partial charge < -0.3 is 5.32 Å². The van der Waals surface area contributed by atoms with E-state index >= 15 is 4.57 Å². The van der Waals surface area contributed by atoms with E-state index < -0.39 is 15.4 Å². The lowest BCUT2D eigenvalue weighted by atomic mass is 10.1. The molecule has 1 N–H and O–H groups in total. The number of benzene rings is 8. The largest absolute Gasteiger partial charge is 0.506 e. The third-order valence-electron chi connectivity index (χ3n) is 9.83. The molecule has 0 fully saturated rings. The summed E-state index contributed by atoms with van der Waals surface area (Å²) in [7, 11) is -5.73. The van der Waals surface area contributed by atoms with Gasteiger partial charge in [0.1, 0.15) is 5.69 Å². The summed E-state index contributed by atoms with van der Waals surface area (Å²) in [6, 6.07) is 71.6. The SMILES string of the molecule is O=[P+](c1cccc(-c2cccc(P3(=O)N(c4ccccc4)c4ccccc4N3c3ccccc3)c2)c1)N(c1ccccc1)c1ccccc1Nc1ccccc1. The maximum absolute atomic E-state index is 16.3. The van der Waals surface area contributed by atoms with Gasteiger partial charge in [-0.3, -0.25) is 13.9 Å². The maximum Gasteiger partial charge on any atom is 0.506 e. The van der Waals surface area contributed by atoms with Crippen molar-refractivity contribution < 1.29 is 9.13 Å². The molecule has 0 bridgehead atoms. The van der Waals surface area contributed by atoms with Crippen molar-refractivity contribution in [1.29, 1.82) is 0 Å². The Hall–Kier alpha value is -6.71. The smallest absolute Gasteiger partial charge is 0.354 e. The second kappa shape index (κ2) is 15.2. The van der Waals surface area contributed by atoms with Crippen molar-refractivity contribution in [3.63, 3.8) is 0 Å². The Kier molecular flexibility index (Phi) is 9.51. The minimum atomic E-state index is -3.58. The molecular weight excluding hydrogens is 727 g/mol. The Bertz CT molecular complexity index is 2630. The lowest BCUT2D eigenvalue weighted by Crippen LogP contribution is -2.26. The van der Waals surface area contributed by atoms with E-state index in [1.165, 1.54) is 0 Å². The molecule has 8 heteroatoms. The number of para-hydroxylation sites is 8. The molecule has 0 aromatic heterocycles. The van der Waals surface area contributed by atoms with E-state index in [1.807, 2.05) is 232 Å². The number of nitrogens with one attached hydrogen (secondary N) is 1. The molecule has 1 unspecified atom stereocenters. The van der Waals surface area contributed by atoms with Gasteiger partial charge in [0.25, 0.3) is 0 Å². The van der Waals surface area contributed by atoms with Gasteiger partial charge in [0.05, 0.1) is 28.1 Å². The summed E-state index contributed by atoms with van der Waals surface area (Å²) in [4.78, 5) is 0. The zero-order chi connectivity index (χ0) is 37.9. The van der Waals surface area contributed by atoms with Crippen LogP contribution in [0.4, 0.5) is 45.5 Å². The van der Waals surface area contributed by atoms with E-state index in [4.69, 9.17) is 0 Å². The number of nitrogens with zero attached hydrogens (tertiary/aromatic N) is 3. The molecular formula is C48H37N4O2P2+. The first-order valence-electron chi connectivity index (χ1n) is 18.4. The summed E-state index contributed by atoms with van der Waals surface area (Å²) in [5.41, 5.74) is 8.55. The lowest BCUT2D eigenvalue weighted by molar-refractivity contribution is 0.582. The molecule has 9 rings (SSSR count). The molecule has 0 saturated carbocycles. The summed E-state index contributed by atoms with van der Waals surface area (Å²) in [6.45, 7) is 0. The zero-order valence-electron chi connectivity index (χ0n) is 30.3. The van der Waals surface area contributed by atoms with Gasteiger partial charge in [0.2, 0.25) is 5.30 Å². The van der Waals surface area contributed by atoms with E-state index in [0.717, 1.165) is 56.6 Å². The second-order valence-electron chi connectivity index (χ2n) is 13.4. The van der Waals surface area contributed by atoms with Gasteiger partial charge in [-0.2, -0.15) is 0 Å². The average Bonchev–Trinajstić information content (AvgIpc) is 3.54. The van der Waals surface area contributed by atoms with Crippen LogP contribution in [0.2, 0.25) is 0 Å². The monoisotopic (exact) mass is 763 g/mol.